The molecule has 1 aromatic heterocycles. The van der Waals surface area contributed by atoms with E-state index >= 15 is 0 Å². The van der Waals surface area contributed by atoms with Crippen molar-refractivity contribution in [3.63, 3.8) is 0 Å². The number of hydrogen-bond acceptors (Lipinski definition) is 3. The molecule has 0 unspecified atom stereocenters. The van der Waals surface area contributed by atoms with Crippen LogP contribution in [0.1, 0.15) is 21.5 Å². The van der Waals surface area contributed by atoms with Gasteiger partial charge in [0.05, 0.1) is 5.69 Å². The van der Waals surface area contributed by atoms with Crippen LogP contribution in [0.15, 0.2) is 97.6 Å². The van der Waals surface area contributed by atoms with E-state index in [9.17, 15) is 4.79 Å². The third kappa shape index (κ3) is 4.15. The molecule has 1 heterocycles. The Hall–Kier alpha value is -3.73. The Bertz CT molecular complexity index is 972. The highest BCUT2D eigenvalue weighted by Gasteiger charge is 2.17. The third-order valence-electron chi connectivity index (χ3n) is 4.52. The number of carbonyl (C=O) groups is 1. The number of carbonyl (C=O) groups excluding carboxylic acids is 1. The first-order valence-corrected chi connectivity index (χ1v) is 9.12. The van der Waals surface area contributed by atoms with Gasteiger partial charge in [0.2, 0.25) is 0 Å². The van der Waals surface area contributed by atoms with Gasteiger partial charge < -0.3 is 4.90 Å². The van der Waals surface area contributed by atoms with Crippen molar-refractivity contribution in [1.29, 1.82) is 0 Å². The monoisotopic (exact) mass is 368 g/mol. The molecule has 0 saturated carbocycles. The number of aromatic nitrogens is 3. The maximum absolute atomic E-state index is 13.2. The second-order valence-corrected chi connectivity index (χ2v) is 6.52. The van der Waals surface area contributed by atoms with Gasteiger partial charge in [-0.25, -0.2) is 9.67 Å². The van der Waals surface area contributed by atoms with Crippen LogP contribution < -0.4 is 0 Å². The summed E-state index contributed by atoms with van der Waals surface area (Å²) in [6.45, 7) is 1.11. The molecule has 4 aromatic rings. The quantitative estimate of drug-likeness (QED) is 0.515. The predicted octanol–water partition coefficient (Wildman–Crippen LogP) is 4.11. The van der Waals surface area contributed by atoms with Gasteiger partial charge >= 0.3 is 0 Å². The topological polar surface area (TPSA) is 51.0 Å². The molecular formula is C23H20N4O. The van der Waals surface area contributed by atoms with Gasteiger partial charge in [-0.15, -0.1) is 0 Å². The molecule has 0 fully saturated rings. The lowest BCUT2D eigenvalue weighted by atomic mass is 10.1. The fourth-order valence-corrected chi connectivity index (χ4v) is 3.09. The first-order chi connectivity index (χ1) is 13.8. The highest BCUT2D eigenvalue weighted by Crippen LogP contribution is 2.16. The SMILES string of the molecule is O=C(c1ccc(-n2cncn2)cc1)N(Cc1ccccc1)Cc1ccccc1. The molecular weight excluding hydrogens is 348 g/mol. The molecule has 0 aliphatic rings. The van der Waals surface area contributed by atoms with Gasteiger partial charge in [-0.2, -0.15) is 5.10 Å². The lowest BCUT2D eigenvalue weighted by Gasteiger charge is -2.23. The molecule has 5 heteroatoms. The van der Waals surface area contributed by atoms with Gasteiger partial charge in [-0.1, -0.05) is 60.7 Å². The zero-order chi connectivity index (χ0) is 19.2. The summed E-state index contributed by atoms with van der Waals surface area (Å²) in [6, 6.07) is 27.5. The van der Waals surface area contributed by atoms with Crippen LogP contribution in [-0.2, 0) is 13.1 Å². The van der Waals surface area contributed by atoms with Crippen molar-refractivity contribution in [2.45, 2.75) is 13.1 Å². The van der Waals surface area contributed by atoms with E-state index in [-0.39, 0.29) is 5.91 Å². The molecule has 0 radical (unpaired) electrons. The number of amides is 1. The maximum Gasteiger partial charge on any atom is 0.254 e. The van der Waals surface area contributed by atoms with Crippen molar-refractivity contribution in [3.05, 3.63) is 114 Å². The van der Waals surface area contributed by atoms with Gasteiger partial charge in [0.1, 0.15) is 12.7 Å². The van der Waals surface area contributed by atoms with Gasteiger partial charge in [-0.3, -0.25) is 4.79 Å². The summed E-state index contributed by atoms with van der Waals surface area (Å²) in [6.07, 6.45) is 3.12. The Labute approximate surface area is 163 Å². The van der Waals surface area contributed by atoms with Crippen molar-refractivity contribution >= 4 is 5.91 Å². The van der Waals surface area contributed by atoms with Crippen LogP contribution in [0.3, 0.4) is 0 Å². The molecule has 28 heavy (non-hydrogen) atoms. The minimum Gasteiger partial charge on any atom is -0.330 e. The molecule has 0 aliphatic heterocycles. The van der Waals surface area contributed by atoms with Crippen LogP contribution in [0, 0.1) is 0 Å². The van der Waals surface area contributed by atoms with Gasteiger partial charge in [0.25, 0.3) is 5.91 Å². The Kier molecular flexibility index (Phi) is 5.24. The highest BCUT2D eigenvalue weighted by molar-refractivity contribution is 5.94. The second kappa shape index (κ2) is 8.31. The normalized spacial score (nSPS) is 10.6. The van der Waals surface area contributed by atoms with Crippen molar-refractivity contribution in [2.24, 2.45) is 0 Å². The molecule has 5 nitrogen and oxygen atoms in total. The molecule has 138 valence electrons. The third-order valence-corrected chi connectivity index (χ3v) is 4.52. The van der Waals surface area contributed by atoms with E-state index in [2.05, 4.69) is 10.1 Å². The molecule has 0 spiro atoms. The van der Waals surface area contributed by atoms with Crippen molar-refractivity contribution in [1.82, 2.24) is 19.7 Å². The van der Waals surface area contributed by atoms with Crippen LogP contribution in [0.25, 0.3) is 5.69 Å². The van der Waals surface area contributed by atoms with Crippen molar-refractivity contribution in [3.8, 4) is 5.69 Å². The first-order valence-electron chi connectivity index (χ1n) is 9.12. The van der Waals surface area contributed by atoms with E-state index in [4.69, 9.17) is 0 Å². The molecule has 0 N–H and O–H groups in total. The summed E-state index contributed by atoms with van der Waals surface area (Å²) in [5.41, 5.74) is 3.72. The first kappa shape index (κ1) is 17.7. The molecule has 3 aromatic carbocycles. The zero-order valence-electron chi connectivity index (χ0n) is 15.3. The second-order valence-electron chi connectivity index (χ2n) is 6.52. The predicted molar refractivity (Wildman–Crippen MR) is 108 cm³/mol. The Morgan fingerprint density at radius 3 is 1.86 bits per heavy atom. The van der Waals surface area contributed by atoms with Gasteiger partial charge in [0, 0.05) is 18.7 Å². The van der Waals surface area contributed by atoms with E-state index < -0.39 is 0 Å². The minimum atomic E-state index is -0.00199. The van der Waals surface area contributed by atoms with Gasteiger partial charge in [0.15, 0.2) is 0 Å². The molecule has 0 aliphatic carbocycles. The van der Waals surface area contributed by atoms with E-state index in [0.29, 0.717) is 18.7 Å². The Morgan fingerprint density at radius 1 is 0.786 bits per heavy atom. The fraction of sp³-hybridized carbons (Fsp3) is 0.0870. The van der Waals surface area contributed by atoms with Crippen LogP contribution in [0.5, 0.6) is 0 Å². The summed E-state index contributed by atoms with van der Waals surface area (Å²) < 4.78 is 1.67. The summed E-state index contributed by atoms with van der Waals surface area (Å²) >= 11 is 0. The lowest BCUT2D eigenvalue weighted by molar-refractivity contribution is 0.0730. The van der Waals surface area contributed by atoms with E-state index in [1.807, 2.05) is 89.8 Å². The average molecular weight is 368 g/mol. The average Bonchev–Trinajstić information content (AvgIpc) is 3.29. The van der Waals surface area contributed by atoms with E-state index in [0.717, 1.165) is 16.8 Å². The summed E-state index contributed by atoms with van der Waals surface area (Å²) in [5, 5.41) is 4.12. The summed E-state index contributed by atoms with van der Waals surface area (Å²) in [4.78, 5) is 19.1. The maximum atomic E-state index is 13.2. The standard InChI is InChI=1S/C23H20N4O/c28-23(21-11-13-22(14-12-21)27-18-24-17-25-27)26(15-19-7-3-1-4-8-19)16-20-9-5-2-6-10-20/h1-14,17-18H,15-16H2. The fourth-order valence-electron chi connectivity index (χ4n) is 3.09. The molecule has 1 amide bonds. The number of benzene rings is 3. The van der Waals surface area contributed by atoms with Crippen LogP contribution in [0.4, 0.5) is 0 Å². The van der Waals surface area contributed by atoms with E-state index in [1.54, 1.807) is 11.0 Å². The van der Waals surface area contributed by atoms with Crippen LogP contribution in [0.2, 0.25) is 0 Å². The molecule has 0 atom stereocenters. The molecule has 0 saturated heterocycles. The Morgan fingerprint density at radius 2 is 1.36 bits per heavy atom. The minimum absolute atomic E-state index is 0.00199. The smallest absolute Gasteiger partial charge is 0.254 e. The van der Waals surface area contributed by atoms with Crippen molar-refractivity contribution < 1.29 is 4.79 Å². The largest absolute Gasteiger partial charge is 0.330 e. The zero-order valence-corrected chi connectivity index (χ0v) is 15.3. The Balaban J connectivity index is 1.58. The molecule has 0 bridgehead atoms. The summed E-state index contributed by atoms with van der Waals surface area (Å²) in [7, 11) is 0. The number of nitrogens with zero attached hydrogens (tertiary/aromatic N) is 4. The van der Waals surface area contributed by atoms with Gasteiger partial charge in [-0.05, 0) is 35.4 Å². The number of rotatable bonds is 6. The van der Waals surface area contributed by atoms with E-state index in [1.165, 1.54) is 6.33 Å². The van der Waals surface area contributed by atoms with Crippen molar-refractivity contribution in [2.75, 3.05) is 0 Å². The lowest BCUT2D eigenvalue weighted by Crippen LogP contribution is -2.30. The van der Waals surface area contributed by atoms with Crippen LogP contribution >= 0.6 is 0 Å². The van der Waals surface area contributed by atoms with Crippen LogP contribution in [-0.4, -0.2) is 25.6 Å². The summed E-state index contributed by atoms with van der Waals surface area (Å²) in [5.74, 6) is -0.00199. The number of hydrogen-bond donors (Lipinski definition) is 0. The molecule has 4 rings (SSSR count). The highest BCUT2D eigenvalue weighted by atomic mass is 16.2.